The highest BCUT2D eigenvalue weighted by atomic mass is 16.2. The van der Waals surface area contributed by atoms with Gasteiger partial charge < -0.3 is 5.32 Å². The Balaban J connectivity index is 1.84. The van der Waals surface area contributed by atoms with Crippen LogP contribution in [0.3, 0.4) is 0 Å². The number of carbonyl (C=O) groups excluding carboxylic acids is 2. The number of rotatable bonds is 6. The summed E-state index contributed by atoms with van der Waals surface area (Å²) in [6, 6.07) is 15.7. The molecule has 1 atom stereocenters. The van der Waals surface area contributed by atoms with Crippen molar-refractivity contribution in [1.29, 1.82) is 0 Å². The molecule has 4 rings (SSSR count). The molecule has 0 spiro atoms. The van der Waals surface area contributed by atoms with Crippen molar-refractivity contribution in [2.24, 2.45) is 0 Å². The van der Waals surface area contributed by atoms with Gasteiger partial charge in [0.25, 0.3) is 5.56 Å². The molecule has 7 nitrogen and oxygen atoms in total. The minimum Gasteiger partial charge on any atom is -0.324 e. The summed E-state index contributed by atoms with van der Waals surface area (Å²) in [5, 5.41) is 2.92. The van der Waals surface area contributed by atoms with E-state index in [0.29, 0.717) is 23.1 Å². The number of amides is 2. The third-order valence-electron chi connectivity index (χ3n) is 6.33. The summed E-state index contributed by atoms with van der Waals surface area (Å²) in [7, 11) is 0. The Hall–Kier alpha value is -3.48. The summed E-state index contributed by atoms with van der Waals surface area (Å²) in [5.74, 6) is -0.366. The third kappa shape index (κ3) is 4.67. The van der Waals surface area contributed by atoms with Crippen molar-refractivity contribution in [3.8, 4) is 0 Å². The fourth-order valence-corrected chi connectivity index (χ4v) is 4.76. The van der Waals surface area contributed by atoms with Crippen LogP contribution in [0.15, 0.2) is 59.4 Å². The number of nitrogens with one attached hydrogen (secondary N) is 1. The van der Waals surface area contributed by atoms with Crippen LogP contribution in [0.5, 0.6) is 0 Å². The first-order valence-electron chi connectivity index (χ1n) is 11.7. The fraction of sp³-hybridized carbons (Fsp3) is 0.385. The summed E-state index contributed by atoms with van der Waals surface area (Å²) in [5.41, 5.74) is 1.42. The minimum atomic E-state index is -0.746. The fourth-order valence-electron chi connectivity index (χ4n) is 4.76. The van der Waals surface area contributed by atoms with E-state index in [1.807, 2.05) is 55.5 Å². The topological polar surface area (TPSA) is 84.3 Å². The second kappa shape index (κ2) is 9.98. The van der Waals surface area contributed by atoms with Crippen LogP contribution in [0.1, 0.15) is 58.4 Å². The van der Waals surface area contributed by atoms with E-state index in [1.54, 1.807) is 11.0 Å². The molecule has 0 saturated heterocycles. The van der Waals surface area contributed by atoms with Gasteiger partial charge in [-0.2, -0.15) is 0 Å². The highest BCUT2D eigenvalue weighted by Crippen LogP contribution is 2.27. The van der Waals surface area contributed by atoms with Gasteiger partial charge in [0, 0.05) is 18.7 Å². The van der Waals surface area contributed by atoms with E-state index in [4.69, 9.17) is 0 Å². The number of hydrogen-bond acceptors (Lipinski definition) is 4. The van der Waals surface area contributed by atoms with Crippen molar-refractivity contribution in [2.75, 3.05) is 10.2 Å². The summed E-state index contributed by atoms with van der Waals surface area (Å²) in [6.45, 7) is 3.36. The van der Waals surface area contributed by atoms with Crippen LogP contribution in [0.4, 0.5) is 11.5 Å². The van der Waals surface area contributed by atoms with Crippen LogP contribution < -0.4 is 15.8 Å². The summed E-state index contributed by atoms with van der Waals surface area (Å²) < 4.78 is 1.51. The van der Waals surface area contributed by atoms with E-state index in [1.165, 1.54) is 11.5 Å². The first-order valence-corrected chi connectivity index (χ1v) is 11.7. The van der Waals surface area contributed by atoms with Gasteiger partial charge in [0.2, 0.25) is 17.6 Å². The van der Waals surface area contributed by atoms with Crippen molar-refractivity contribution in [1.82, 2.24) is 9.55 Å². The zero-order chi connectivity index (χ0) is 23.4. The predicted octanol–water partition coefficient (Wildman–Crippen LogP) is 4.67. The van der Waals surface area contributed by atoms with E-state index < -0.39 is 11.6 Å². The SMILES string of the molecule is CCC(C(=O)Nc1ccccc1)n1c(=O)c(N(C(C)=O)C2CCCCC2)nc2ccccc21. The third-order valence-corrected chi connectivity index (χ3v) is 6.33. The predicted molar refractivity (Wildman–Crippen MR) is 130 cm³/mol. The lowest BCUT2D eigenvalue weighted by atomic mass is 9.94. The molecule has 1 aromatic heterocycles. The van der Waals surface area contributed by atoms with Crippen LogP contribution in [0, 0.1) is 0 Å². The number of benzene rings is 2. The molecule has 2 aromatic carbocycles. The van der Waals surface area contributed by atoms with E-state index in [0.717, 1.165) is 32.1 Å². The zero-order valence-electron chi connectivity index (χ0n) is 19.2. The number of fused-ring (bicyclic) bond motifs is 1. The molecule has 1 saturated carbocycles. The number of anilines is 2. The van der Waals surface area contributed by atoms with Gasteiger partial charge >= 0.3 is 0 Å². The molecule has 1 fully saturated rings. The van der Waals surface area contributed by atoms with Gasteiger partial charge in [-0.3, -0.25) is 23.9 Å². The molecule has 33 heavy (non-hydrogen) atoms. The van der Waals surface area contributed by atoms with Crippen molar-refractivity contribution < 1.29 is 9.59 Å². The van der Waals surface area contributed by atoms with Crippen molar-refractivity contribution in [3.63, 3.8) is 0 Å². The van der Waals surface area contributed by atoms with Gasteiger partial charge in [-0.25, -0.2) is 4.98 Å². The summed E-state index contributed by atoms with van der Waals surface area (Å²) in [4.78, 5) is 46.1. The maximum absolute atomic E-state index is 13.9. The Labute approximate surface area is 193 Å². The molecule has 1 aliphatic rings. The van der Waals surface area contributed by atoms with Crippen LogP contribution in [0.25, 0.3) is 11.0 Å². The number of hydrogen-bond donors (Lipinski definition) is 1. The van der Waals surface area contributed by atoms with Crippen molar-refractivity contribution >= 4 is 34.4 Å². The Morgan fingerprint density at radius 3 is 2.39 bits per heavy atom. The van der Waals surface area contributed by atoms with Crippen LogP contribution in [0.2, 0.25) is 0 Å². The Kier molecular flexibility index (Phi) is 6.87. The largest absolute Gasteiger partial charge is 0.324 e. The number of nitrogens with zero attached hydrogens (tertiary/aromatic N) is 3. The average molecular weight is 447 g/mol. The summed E-state index contributed by atoms with van der Waals surface area (Å²) in [6.07, 6.45) is 5.28. The van der Waals surface area contributed by atoms with Gasteiger partial charge in [0.05, 0.1) is 11.0 Å². The Morgan fingerprint density at radius 2 is 1.73 bits per heavy atom. The van der Waals surface area contributed by atoms with E-state index in [9.17, 15) is 14.4 Å². The molecule has 0 bridgehead atoms. The normalized spacial score (nSPS) is 15.2. The number of para-hydroxylation sites is 3. The molecular formula is C26H30N4O3. The quantitative estimate of drug-likeness (QED) is 0.596. The highest BCUT2D eigenvalue weighted by Gasteiger charge is 2.31. The maximum Gasteiger partial charge on any atom is 0.295 e. The molecule has 3 aromatic rings. The van der Waals surface area contributed by atoms with Gasteiger partial charge in [-0.05, 0) is 43.5 Å². The minimum absolute atomic E-state index is 0.0516. The molecular weight excluding hydrogens is 416 g/mol. The summed E-state index contributed by atoms with van der Waals surface area (Å²) >= 11 is 0. The Morgan fingerprint density at radius 1 is 1.06 bits per heavy atom. The Bertz CT molecular complexity index is 1200. The van der Waals surface area contributed by atoms with Crippen molar-refractivity contribution in [2.45, 2.75) is 64.5 Å². The van der Waals surface area contributed by atoms with Crippen LogP contribution in [-0.4, -0.2) is 27.4 Å². The maximum atomic E-state index is 13.9. The second-order valence-electron chi connectivity index (χ2n) is 8.56. The number of aromatic nitrogens is 2. The van der Waals surface area contributed by atoms with Crippen LogP contribution in [-0.2, 0) is 9.59 Å². The van der Waals surface area contributed by atoms with Crippen LogP contribution >= 0.6 is 0 Å². The van der Waals surface area contributed by atoms with E-state index in [-0.39, 0.29) is 23.7 Å². The molecule has 0 aliphatic heterocycles. The lowest BCUT2D eigenvalue weighted by molar-refractivity contribution is -0.119. The molecule has 1 heterocycles. The molecule has 1 N–H and O–H groups in total. The van der Waals surface area contributed by atoms with Gasteiger partial charge in [0.1, 0.15) is 6.04 Å². The molecule has 172 valence electrons. The molecule has 2 amide bonds. The molecule has 1 unspecified atom stereocenters. The highest BCUT2D eigenvalue weighted by molar-refractivity contribution is 5.95. The second-order valence-corrected chi connectivity index (χ2v) is 8.56. The van der Waals surface area contributed by atoms with Gasteiger partial charge in [-0.15, -0.1) is 0 Å². The standard InChI is InChI=1S/C26H30N4O3/c1-3-22(25(32)27-19-12-6-4-7-13-19)30-23-17-11-10-16-21(23)28-24(26(30)33)29(18(2)31)20-14-8-5-9-15-20/h4,6-7,10-13,16-17,20,22H,3,5,8-9,14-15H2,1-2H3,(H,27,32). The van der Waals surface area contributed by atoms with E-state index in [2.05, 4.69) is 10.3 Å². The molecule has 0 radical (unpaired) electrons. The number of carbonyl (C=O) groups is 2. The molecule has 7 heteroatoms. The van der Waals surface area contributed by atoms with Crippen molar-refractivity contribution in [3.05, 3.63) is 65.0 Å². The molecule has 1 aliphatic carbocycles. The monoisotopic (exact) mass is 446 g/mol. The van der Waals surface area contributed by atoms with Gasteiger partial charge in [-0.1, -0.05) is 56.5 Å². The van der Waals surface area contributed by atoms with E-state index >= 15 is 0 Å². The van der Waals surface area contributed by atoms with Gasteiger partial charge in [0.15, 0.2) is 0 Å². The lowest BCUT2D eigenvalue weighted by Crippen LogP contribution is -2.46. The zero-order valence-corrected chi connectivity index (χ0v) is 19.2. The average Bonchev–Trinajstić information content (AvgIpc) is 2.83. The lowest BCUT2D eigenvalue weighted by Gasteiger charge is -2.33. The smallest absolute Gasteiger partial charge is 0.295 e. The first kappa shape index (κ1) is 22.7. The first-order chi connectivity index (χ1) is 16.0.